The number of carbonyl (C=O) groups excluding carboxylic acids is 1. The van der Waals surface area contributed by atoms with Crippen LogP contribution < -0.4 is 5.32 Å². The van der Waals surface area contributed by atoms with E-state index < -0.39 is 0 Å². The Kier molecular flexibility index (Phi) is 5.15. The van der Waals surface area contributed by atoms with Crippen LogP contribution >= 0.6 is 0 Å². The molecule has 110 valence electrons. The molecule has 1 fully saturated rings. The molecule has 1 heterocycles. The number of carbonyl (C=O) groups is 1. The first-order valence-corrected chi connectivity index (χ1v) is 7.23. The van der Waals surface area contributed by atoms with E-state index in [4.69, 9.17) is 4.74 Å². The number of ether oxygens (including phenoxy) is 1. The molecule has 0 saturated carbocycles. The summed E-state index contributed by atoms with van der Waals surface area (Å²) in [6, 6.07) is 8.26. The molecule has 1 N–H and O–H groups in total. The fourth-order valence-corrected chi connectivity index (χ4v) is 2.60. The Morgan fingerprint density at radius 3 is 3.00 bits per heavy atom. The Labute approximate surface area is 121 Å². The largest absolute Gasteiger partial charge is 0.465 e. The highest BCUT2D eigenvalue weighted by Gasteiger charge is 2.21. The Balaban J connectivity index is 2.01. The molecule has 0 bridgehead atoms. The maximum absolute atomic E-state index is 11.6. The molecule has 0 aliphatic carbocycles. The molecule has 0 radical (unpaired) electrons. The normalized spacial score (nSPS) is 20.1. The monoisotopic (exact) mass is 276 g/mol. The summed E-state index contributed by atoms with van der Waals surface area (Å²) in [5.41, 5.74) is 1.79. The standard InChI is InChI=1S/C16H24N2O2/c1-12(2)15-11-18(8-7-17-15)10-13-5-4-6-14(9-13)16(19)20-3/h4-6,9,12,15,17H,7-8,10-11H2,1-3H3/t15-/m0/s1. The molecule has 0 amide bonds. The molecule has 0 spiro atoms. The molecular weight excluding hydrogens is 252 g/mol. The average Bonchev–Trinajstić information content (AvgIpc) is 2.47. The molecular formula is C16H24N2O2. The van der Waals surface area contributed by atoms with Crippen LogP contribution in [-0.2, 0) is 11.3 Å². The smallest absolute Gasteiger partial charge is 0.337 e. The van der Waals surface area contributed by atoms with Crippen LogP contribution in [0.5, 0.6) is 0 Å². The number of piperazine rings is 1. The highest BCUT2D eigenvalue weighted by molar-refractivity contribution is 5.89. The number of nitrogens with one attached hydrogen (secondary N) is 1. The zero-order chi connectivity index (χ0) is 14.5. The second-order valence-corrected chi connectivity index (χ2v) is 5.73. The lowest BCUT2D eigenvalue weighted by molar-refractivity contribution is 0.0600. The fourth-order valence-electron chi connectivity index (χ4n) is 2.60. The van der Waals surface area contributed by atoms with Crippen molar-refractivity contribution in [3.05, 3.63) is 35.4 Å². The summed E-state index contributed by atoms with van der Waals surface area (Å²) >= 11 is 0. The highest BCUT2D eigenvalue weighted by atomic mass is 16.5. The maximum atomic E-state index is 11.6. The van der Waals surface area contributed by atoms with Gasteiger partial charge in [-0.3, -0.25) is 4.90 Å². The van der Waals surface area contributed by atoms with Crippen molar-refractivity contribution in [1.82, 2.24) is 10.2 Å². The summed E-state index contributed by atoms with van der Waals surface area (Å²) < 4.78 is 4.77. The van der Waals surface area contributed by atoms with E-state index in [1.54, 1.807) is 6.07 Å². The van der Waals surface area contributed by atoms with Crippen LogP contribution in [0.1, 0.15) is 29.8 Å². The van der Waals surface area contributed by atoms with Crippen LogP contribution in [0.4, 0.5) is 0 Å². The zero-order valence-corrected chi connectivity index (χ0v) is 12.6. The van der Waals surface area contributed by atoms with Gasteiger partial charge in [0.25, 0.3) is 0 Å². The third-order valence-corrected chi connectivity index (χ3v) is 3.85. The van der Waals surface area contributed by atoms with E-state index in [-0.39, 0.29) is 5.97 Å². The molecule has 1 aliphatic rings. The maximum Gasteiger partial charge on any atom is 0.337 e. The van der Waals surface area contributed by atoms with E-state index in [1.807, 2.05) is 12.1 Å². The third-order valence-electron chi connectivity index (χ3n) is 3.85. The molecule has 0 aromatic heterocycles. The number of esters is 1. The van der Waals surface area contributed by atoms with Gasteiger partial charge >= 0.3 is 5.97 Å². The minimum atomic E-state index is -0.271. The molecule has 1 aromatic carbocycles. The van der Waals surface area contributed by atoms with Gasteiger partial charge in [-0.05, 0) is 23.6 Å². The van der Waals surface area contributed by atoms with Gasteiger partial charge < -0.3 is 10.1 Å². The van der Waals surface area contributed by atoms with Crippen molar-refractivity contribution >= 4 is 5.97 Å². The van der Waals surface area contributed by atoms with Gasteiger partial charge in [0, 0.05) is 32.2 Å². The minimum Gasteiger partial charge on any atom is -0.465 e. The predicted octanol–water partition coefficient (Wildman–Crippen LogP) is 1.90. The first-order valence-electron chi connectivity index (χ1n) is 7.23. The van der Waals surface area contributed by atoms with Crippen molar-refractivity contribution < 1.29 is 9.53 Å². The predicted molar refractivity (Wildman–Crippen MR) is 79.7 cm³/mol. The van der Waals surface area contributed by atoms with Crippen LogP contribution in [-0.4, -0.2) is 43.7 Å². The molecule has 1 aromatic rings. The van der Waals surface area contributed by atoms with E-state index in [2.05, 4.69) is 30.1 Å². The number of rotatable bonds is 4. The van der Waals surface area contributed by atoms with E-state index in [1.165, 1.54) is 7.11 Å². The van der Waals surface area contributed by atoms with Gasteiger partial charge in [-0.2, -0.15) is 0 Å². The van der Waals surface area contributed by atoms with Gasteiger partial charge in [0.15, 0.2) is 0 Å². The quantitative estimate of drug-likeness (QED) is 0.853. The van der Waals surface area contributed by atoms with Gasteiger partial charge in [-0.25, -0.2) is 4.79 Å². The molecule has 1 atom stereocenters. The van der Waals surface area contributed by atoms with Crippen molar-refractivity contribution in [3.63, 3.8) is 0 Å². The molecule has 1 saturated heterocycles. The molecule has 2 rings (SSSR count). The van der Waals surface area contributed by atoms with Gasteiger partial charge in [-0.1, -0.05) is 26.0 Å². The van der Waals surface area contributed by atoms with Crippen LogP contribution in [0.3, 0.4) is 0 Å². The number of hydrogen-bond donors (Lipinski definition) is 1. The first kappa shape index (κ1) is 15.0. The van der Waals surface area contributed by atoms with E-state index in [0.717, 1.165) is 31.7 Å². The number of benzene rings is 1. The Bertz CT molecular complexity index is 460. The van der Waals surface area contributed by atoms with Crippen LogP contribution in [0.15, 0.2) is 24.3 Å². The summed E-state index contributed by atoms with van der Waals surface area (Å²) in [4.78, 5) is 14.0. The lowest BCUT2D eigenvalue weighted by Gasteiger charge is -2.35. The second-order valence-electron chi connectivity index (χ2n) is 5.73. The lowest BCUT2D eigenvalue weighted by Crippen LogP contribution is -2.52. The third kappa shape index (κ3) is 3.81. The first-order chi connectivity index (χ1) is 9.60. The fraction of sp³-hybridized carbons (Fsp3) is 0.562. The Morgan fingerprint density at radius 1 is 1.50 bits per heavy atom. The van der Waals surface area contributed by atoms with Crippen LogP contribution in [0.2, 0.25) is 0 Å². The van der Waals surface area contributed by atoms with Gasteiger partial charge in [0.2, 0.25) is 0 Å². The topological polar surface area (TPSA) is 41.6 Å². The van der Waals surface area contributed by atoms with Gasteiger partial charge in [0.1, 0.15) is 0 Å². The summed E-state index contributed by atoms with van der Waals surface area (Å²) in [5, 5.41) is 3.56. The Morgan fingerprint density at radius 2 is 2.30 bits per heavy atom. The van der Waals surface area contributed by atoms with Gasteiger partial charge in [-0.15, -0.1) is 0 Å². The van der Waals surface area contributed by atoms with E-state index in [0.29, 0.717) is 17.5 Å². The molecule has 4 heteroatoms. The second kappa shape index (κ2) is 6.86. The van der Waals surface area contributed by atoms with E-state index >= 15 is 0 Å². The zero-order valence-electron chi connectivity index (χ0n) is 12.6. The average molecular weight is 276 g/mol. The molecule has 4 nitrogen and oxygen atoms in total. The van der Waals surface area contributed by atoms with Gasteiger partial charge in [0.05, 0.1) is 12.7 Å². The summed E-state index contributed by atoms with van der Waals surface area (Å²) in [6.07, 6.45) is 0. The summed E-state index contributed by atoms with van der Waals surface area (Å²) in [7, 11) is 1.42. The lowest BCUT2D eigenvalue weighted by atomic mass is 10.0. The van der Waals surface area contributed by atoms with Crippen molar-refractivity contribution in [1.29, 1.82) is 0 Å². The molecule has 20 heavy (non-hydrogen) atoms. The van der Waals surface area contributed by atoms with Crippen molar-refractivity contribution in [2.75, 3.05) is 26.7 Å². The summed E-state index contributed by atoms with van der Waals surface area (Å²) in [6.45, 7) is 8.51. The number of hydrogen-bond acceptors (Lipinski definition) is 4. The molecule has 0 unspecified atom stereocenters. The van der Waals surface area contributed by atoms with E-state index in [9.17, 15) is 4.79 Å². The SMILES string of the molecule is COC(=O)c1cccc(CN2CCN[C@H](C(C)C)C2)c1. The highest BCUT2D eigenvalue weighted by Crippen LogP contribution is 2.13. The van der Waals surface area contributed by atoms with Crippen LogP contribution in [0, 0.1) is 5.92 Å². The van der Waals surface area contributed by atoms with Crippen molar-refractivity contribution in [2.24, 2.45) is 5.92 Å². The molecule has 1 aliphatic heterocycles. The minimum absolute atomic E-state index is 0.271. The number of nitrogens with zero attached hydrogens (tertiary/aromatic N) is 1. The number of methoxy groups -OCH3 is 1. The van der Waals surface area contributed by atoms with Crippen LogP contribution in [0.25, 0.3) is 0 Å². The Hall–Kier alpha value is -1.39. The van der Waals surface area contributed by atoms with Crippen molar-refractivity contribution in [2.45, 2.75) is 26.4 Å². The van der Waals surface area contributed by atoms with Crippen molar-refractivity contribution in [3.8, 4) is 0 Å². The summed E-state index contributed by atoms with van der Waals surface area (Å²) in [5.74, 6) is 0.367.